The first-order valence-corrected chi connectivity index (χ1v) is 8.56. The number of nitrogens with zero attached hydrogens (tertiary/aromatic N) is 1. The maximum Gasteiger partial charge on any atom is 0.254 e. The van der Waals surface area contributed by atoms with Crippen molar-refractivity contribution in [2.45, 2.75) is 52.6 Å². The summed E-state index contributed by atoms with van der Waals surface area (Å²) in [6.45, 7) is 8.52. The Kier molecular flexibility index (Phi) is 5.97. The number of rotatable bonds is 6. The topological polar surface area (TPSA) is 20.3 Å². The summed E-state index contributed by atoms with van der Waals surface area (Å²) < 4.78 is 0. The Morgan fingerprint density at radius 3 is 1.78 bits per heavy atom. The molecule has 0 bridgehead atoms. The fraction of sp³-hybridized carbons (Fsp3) is 0.381. The molecule has 122 valence electrons. The Morgan fingerprint density at radius 2 is 1.30 bits per heavy atom. The minimum absolute atomic E-state index is 0.133. The Hall–Kier alpha value is -2.09. The van der Waals surface area contributed by atoms with E-state index in [9.17, 15) is 4.79 Å². The maximum atomic E-state index is 12.9. The average molecular weight is 309 g/mol. The predicted octanol–water partition coefficient (Wildman–Crippen LogP) is 5.39. The van der Waals surface area contributed by atoms with Crippen LogP contribution < -0.4 is 0 Å². The third-order valence-electron chi connectivity index (χ3n) is 4.60. The molecular weight excluding hydrogens is 282 g/mol. The fourth-order valence-electron chi connectivity index (χ4n) is 2.81. The van der Waals surface area contributed by atoms with Crippen molar-refractivity contribution in [3.05, 3.63) is 60.2 Å². The second-order valence-corrected chi connectivity index (χ2v) is 6.17. The van der Waals surface area contributed by atoms with E-state index in [0.717, 1.165) is 24.0 Å². The molecule has 0 aromatic heterocycles. The van der Waals surface area contributed by atoms with Crippen LogP contribution in [0, 0.1) is 0 Å². The third-order valence-corrected chi connectivity index (χ3v) is 4.60. The highest BCUT2D eigenvalue weighted by atomic mass is 16.2. The molecule has 2 aromatic rings. The molecule has 0 fully saturated rings. The highest BCUT2D eigenvalue weighted by Crippen LogP contribution is 2.21. The molecule has 0 saturated carbocycles. The zero-order valence-corrected chi connectivity index (χ0v) is 14.6. The van der Waals surface area contributed by atoms with Gasteiger partial charge in [-0.05, 0) is 49.9 Å². The van der Waals surface area contributed by atoms with Gasteiger partial charge in [0.15, 0.2) is 0 Å². The molecule has 0 aliphatic heterocycles. The van der Waals surface area contributed by atoms with Crippen molar-refractivity contribution >= 4 is 5.91 Å². The molecular formula is C21H27NO. The number of carbonyl (C=O) groups is 1. The van der Waals surface area contributed by atoms with E-state index in [4.69, 9.17) is 0 Å². The summed E-state index contributed by atoms with van der Waals surface area (Å²) in [5, 5.41) is 0. The summed E-state index contributed by atoms with van der Waals surface area (Å²) in [5.74, 6) is 0.133. The van der Waals surface area contributed by atoms with E-state index in [2.05, 4.69) is 39.8 Å². The normalized spacial score (nSPS) is 13.4. The van der Waals surface area contributed by atoms with Crippen molar-refractivity contribution in [3.63, 3.8) is 0 Å². The molecule has 2 aromatic carbocycles. The van der Waals surface area contributed by atoms with Gasteiger partial charge in [-0.2, -0.15) is 0 Å². The highest BCUT2D eigenvalue weighted by Gasteiger charge is 2.24. The Bertz CT molecular complexity index is 608. The molecule has 0 aliphatic carbocycles. The molecule has 2 rings (SSSR count). The number of carbonyl (C=O) groups excluding carboxylic acids is 1. The number of amides is 1. The van der Waals surface area contributed by atoms with Crippen LogP contribution in [0.5, 0.6) is 0 Å². The fourth-order valence-corrected chi connectivity index (χ4v) is 2.81. The Balaban J connectivity index is 2.25. The quantitative estimate of drug-likeness (QED) is 0.700. The van der Waals surface area contributed by atoms with Gasteiger partial charge in [0.05, 0.1) is 0 Å². The van der Waals surface area contributed by atoms with E-state index < -0.39 is 0 Å². The lowest BCUT2D eigenvalue weighted by atomic mass is 10.0. The molecule has 2 nitrogen and oxygen atoms in total. The highest BCUT2D eigenvalue weighted by molar-refractivity contribution is 5.95. The van der Waals surface area contributed by atoms with Gasteiger partial charge in [-0.1, -0.05) is 56.3 Å². The minimum atomic E-state index is 0.133. The second-order valence-electron chi connectivity index (χ2n) is 6.17. The summed E-state index contributed by atoms with van der Waals surface area (Å²) in [5.41, 5.74) is 3.08. The zero-order chi connectivity index (χ0) is 16.8. The summed E-state index contributed by atoms with van der Waals surface area (Å²) in [4.78, 5) is 14.9. The van der Waals surface area contributed by atoms with Gasteiger partial charge in [0.2, 0.25) is 0 Å². The summed E-state index contributed by atoms with van der Waals surface area (Å²) in [7, 11) is 0. The van der Waals surface area contributed by atoms with Gasteiger partial charge in [0.25, 0.3) is 5.91 Å². The molecule has 2 atom stereocenters. The molecule has 0 unspecified atom stereocenters. The van der Waals surface area contributed by atoms with E-state index >= 15 is 0 Å². The smallest absolute Gasteiger partial charge is 0.254 e. The molecule has 0 heterocycles. The number of benzene rings is 2. The van der Waals surface area contributed by atoms with E-state index in [-0.39, 0.29) is 18.0 Å². The van der Waals surface area contributed by atoms with Crippen LogP contribution in [0.4, 0.5) is 0 Å². The van der Waals surface area contributed by atoms with Crippen molar-refractivity contribution in [2.75, 3.05) is 0 Å². The Morgan fingerprint density at radius 1 is 0.826 bits per heavy atom. The SMILES string of the molecule is CC[C@@H](C)N(C(=O)c1ccc(-c2ccccc2)cc1)[C@H](C)CC. The van der Waals surface area contributed by atoms with Crippen LogP contribution in [0.1, 0.15) is 50.9 Å². The summed E-state index contributed by atoms with van der Waals surface area (Å²) >= 11 is 0. The van der Waals surface area contributed by atoms with Gasteiger partial charge in [0, 0.05) is 17.6 Å². The van der Waals surface area contributed by atoms with Crippen LogP contribution in [0.3, 0.4) is 0 Å². The monoisotopic (exact) mass is 309 g/mol. The standard InChI is InChI=1S/C21H27NO/c1-5-16(3)22(17(4)6-2)21(23)20-14-12-19(13-15-20)18-10-8-7-9-11-18/h7-17H,5-6H2,1-4H3/t16-,17-/m1/s1. The first kappa shape index (κ1) is 17.3. The van der Waals surface area contributed by atoms with Crippen LogP contribution in [-0.4, -0.2) is 22.9 Å². The molecule has 23 heavy (non-hydrogen) atoms. The van der Waals surface area contributed by atoms with Gasteiger partial charge < -0.3 is 4.90 Å². The van der Waals surface area contributed by atoms with Crippen LogP contribution in [0.15, 0.2) is 54.6 Å². The lowest BCUT2D eigenvalue weighted by Gasteiger charge is -2.34. The van der Waals surface area contributed by atoms with Gasteiger partial charge >= 0.3 is 0 Å². The van der Waals surface area contributed by atoms with Crippen molar-refractivity contribution in [1.82, 2.24) is 4.90 Å². The van der Waals surface area contributed by atoms with E-state index in [0.29, 0.717) is 0 Å². The van der Waals surface area contributed by atoms with Crippen molar-refractivity contribution < 1.29 is 4.79 Å². The molecule has 1 amide bonds. The molecule has 0 N–H and O–H groups in total. The third kappa shape index (κ3) is 4.01. The molecule has 0 aliphatic rings. The van der Waals surface area contributed by atoms with Crippen LogP contribution >= 0.6 is 0 Å². The average Bonchev–Trinajstić information content (AvgIpc) is 2.62. The minimum Gasteiger partial charge on any atom is -0.333 e. The summed E-state index contributed by atoms with van der Waals surface area (Å²) in [6, 6.07) is 18.7. The number of hydrogen-bond donors (Lipinski definition) is 0. The van der Waals surface area contributed by atoms with Crippen molar-refractivity contribution in [3.8, 4) is 11.1 Å². The first-order chi connectivity index (χ1) is 11.1. The second kappa shape index (κ2) is 7.96. The lowest BCUT2D eigenvalue weighted by molar-refractivity contribution is 0.0598. The van der Waals surface area contributed by atoms with E-state index in [1.54, 1.807) is 0 Å². The molecule has 2 heteroatoms. The van der Waals surface area contributed by atoms with Gasteiger partial charge in [-0.3, -0.25) is 4.79 Å². The van der Waals surface area contributed by atoms with Gasteiger partial charge in [-0.15, -0.1) is 0 Å². The molecule has 0 radical (unpaired) electrons. The lowest BCUT2D eigenvalue weighted by Crippen LogP contribution is -2.44. The van der Waals surface area contributed by atoms with Crippen molar-refractivity contribution in [2.24, 2.45) is 0 Å². The van der Waals surface area contributed by atoms with Crippen molar-refractivity contribution in [1.29, 1.82) is 0 Å². The maximum absolute atomic E-state index is 12.9. The predicted molar refractivity (Wildman–Crippen MR) is 97.6 cm³/mol. The summed E-state index contributed by atoms with van der Waals surface area (Å²) in [6.07, 6.45) is 1.94. The van der Waals surface area contributed by atoms with E-state index in [1.165, 1.54) is 5.56 Å². The van der Waals surface area contributed by atoms with Gasteiger partial charge in [-0.25, -0.2) is 0 Å². The van der Waals surface area contributed by atoms with E-state index in [1.807, 2.05) is 47.4 Å². The Labute approximate surface area is 140 Å². The molecule has 0 spiro atoms. The number of hydrogen-bond acceptors (Lipinski definition) is 1. The largest absolute Gasteiger partial charge is 0.333 e. The molecule has 0 saturated heterocycles. The van der Waals surface area contributed by atoms with Crippen LogP contribution in [0.2, 0.25) is 0 Å². The van der Waals surface area contributed by atoms with Crippen LogP contribution in [-0.2, 0) is 0 Å². The zero-order valence-electron chi connectivity index (χ0n) is 14.6. The van der Waals surface area contributed by atoms with Crippen LogP contribution in [0.25, 0.3) is 11.1 Å². The van der Waals surface area contributed by atoms with Gasteiger partial charge in [0.1, 0.15) is 0 Å². The first-order valence-electron chi connectivity index (χ1n) is 8.56.